The van der Waals surface area contributed by atoms with Crippen LogP contribution in [-0.2, 0) is 0 Å². The number of rotatable bonds is 1. The molecule has 1 unspecified atom stereocenters. The molecule has 3 heteroatoms. The molecule has 2 rings (SSSR count). The highest BCUT2D eigenvalue weighted by Gasteiger charge is 2.21. The zero-order valence-electron chi connectivity index (χ0n) is 8.27. The van der Waals surface area contributed by atoms with Gasteiger partial charge in [-0.15, -0.1) is 0 Å². The zero-order chi connectivity index (χ0) is 9.97. The summed E-state index contributed by atoms with van der Waals surface area (Å²) in [7, 11) is 0. The lowest BCUT2D eigenvalue weighted by atomic mass is 10.2. The number of hydrogen-bond acceptors (Lipinski definition) is 3. The number of aromatic nitrogens is 1. The molecule has 72 valence electrons. The van der Waals surface area contributed by atoms with E-state index in [1.165, 1.54) is 12.8 Å². The van der Waals surface area contributed by atoms with E-state index >= 15 is 0 Å². The van der Waals surface area contributed by atoms with E-state index in [9.17, 15) is 0 Å². The van der Waals surface area contributed by atoms with Crippen molar-refractivity contribution < 1.29 is 0 Å². The fraction of sp³-hybridized carbons (Fsp3) is 0.455. The van der Waals surface area contributed by atoms with Gasteiger partial charge in [-0.3, -0.25) is 0 Å². The van der Waals surface area contributed by atoms with Crippen LogP contribution < -0.4 is 4.90 Å². The Morgan fingerprint density at radius 1 is 1.57 bits per heavy atom. The van der Waals surface area contributed by atoms with E-state index in [1.807, 2.05) is 12.1 Å². The van der Waals surface area contributed by atoms with E-state index in [2.05, 4.69) is 22.9 Å². The maximum Gasteiger partial charge on any atom is 0.142 e. The minimum atomic E-state index is 0.501. The molecule has 2 heterocycles. The van der Waals surface area contributed by atoms with Gasteiger partial charge in [0.25, 0.3) is 0 Å². The van der Waals surface area contributed by atoms with Crippen molar-refractivity contribution in [1.82, 2.24) is 4.98 Å². The molecule has 3 nitrogen and oxygen atoms in total. The second kappa shape index (κ2) is 3.67. The quantitative estimate of drug-likeness (QED) is 0.674. The number of pyridine rings is 1. The van der Waals surface area contributed by atoms with Gasteiger partial charge in [-0.1, -0.05) is 6.07 Å². The Bertz CT molecular complexity index is 367. The lowest BCUT2D eigenvalue weighted by molar-refractivity contribution is 0.727. The van der Waals surface area contributed by atoms with Crippen LogP contribution in [0.1, 0.15) is 25.5 Å². The van der Waals surface area contributed by atoms with E-state index in [0.717, 1.165) is 12.4 Å². The van der Waals surface area contributed by atoms with Gasteiger partial charge in [0.05, 0.1) is 0 Å². The number of anilines is 1. The van der Waals surface area contributed by atoms with Crippen LogP contribution in [0.15, 0.2) is 18.2 Å². The summed E-state index contributed by atoms with van der Waals surface area (Å²) in [5.74, 6) is 0.939. The van der Waals surface area contributed by atoms with Gasteiger partial charge >= 0.3 is 0 Å². The molecule has 0 aliphatic carbocycles. The first-order valence-corrected chi connectivity index (χ1v) is 4.95. The maximum absolute atomic E-state index is 8.74. The highest BCUT2D eigenvalue weighted by atomic mass is 15.2. The first-order valence-electron chi connectivity index (χ1n) is 4.95. The van der Waals surface area contributed by atoms with Crippen LogP contribution in [0.5, 0.6) is 0 Å². The van der Waals surface area contributed by atoms with Crippen LogP contribution in [-0.4, -0.2) is 17.6 Å². The lowest BCUT2D eigenvalue weighted by Gasteiger charge is -2.22. The summed E-state index contributed by atoms with van der Waals surface area (Å²) >= 11 is 0. The average Bonchev–Trinajstić information content (AvgIpc) is 2.65. The predicted octanol–water partition coefficient (Wildman–Crippen LogP) is 1.94. The van der Waals surface area contributed by atoms with Gasteiger partial charge in [0.15, 0.2) is 0 Å². The van der Waals surface area contributed by atoms with Crippen LogP contribution in [0.25, 0.3) is 0 Å². The molecule has 1 fully saturated rings. The van der Waals surface area contributed by atoms with Crippen LogP contribution >= 0.6 is 0 Å². The third-order valence-electron chi connectivity index (χ3n) is 2.70. The van der Waals surface area contributed by atoms with Gasteiger partial charge in [-0.2, -0.15) is 5.26 Å². The van der Waals surface area contributed by atoms with Crippen molar-refractivity contribution in [3.8, 4) is 6.07 Å². The van der Waals surface area contributed by atoms with E-state index in [4.69, 9.17) is 5.26 Å². The Morgan fingerprint density at radius 2 is 2.43 bits per heavy atom. The molecule has 1 atom stereocenters. The molecule has 0 bridgehead atoms. The molecule has 0 N–H and O–H groups in total. The van der Waals surface area contributed by atoms with Crippen LogP contribution in [0, 0.1) is 11.3 Å². The molecule has 0 radical (unpaired) electrons. The van der Waals surface area contributed by atoms with Crippen LogP contribution in [0.4, 0.5) is 5.82 Å². The molecule has 0 saturated carbocycles. The van der Waals surface area contributed by atoms with Gasteiger partial charge in [0.2, 0.25) is 0 Å². The molecule has 14 heavy (non-hydrogen) atoms. The van der Waals surface area contributed by atoms with E-state index < -0.39 is 0 Å². The van der Waals surface area contributed by atoms with Crippen LogP contribution in [0.3, 0.4) is 0 Å². The Labute approximate surface area is 84.0 Å². The molecule has 1 aliphatic heterocycles. The first kappa shape index (κ1) is 9.01. The number of hydrogen-bond donors (Lipinski definition) is 0. The first-order chi connectivity index (χ1) is 6.81. The molecular formula is C11H13N3. The van der Waals surface area contributed by atoms with Crippen molar-refractivity contribution in [2.24, 2.45) is 0 Å². The number of nitriles is 1. The van der Waals surface area contributed by atoms with Gasteiger partial charge in [0, 0.05) is 12.6 Å². The van der Waals surface area contributed by atoms with E-state index in [-0.39, 0.29) is 0 Å². The number of nitrogens with zero attached hydrogens (tertiary/aromatic N) is 3. The minimum Gasteiger partial charge on any atom is -0.354 e. The Hall–Kier alpha value is -1.56. The van der Waals surface area contributed by atoms with E-state index in [0.29, 0.717) is 11.7 Å². The largest absolute Gasteiger partial charge is 0.354 e. The van der Waals surface area contributed by atoms with Gasteiger partial charge in [0.1, 0.15) is 17.6 Å². The summed E-state index contributed by atoms with van der Waals surface area (Å²) in [6.45, 7) is 3.26. The molecule has 0 spiro atoms. The second-order valence-electron chi connectivity index (χ2n) is 3.68. The third kappa shape index (κ3) is 1.56. The fourth-order valence-electron chi connectivity index (χ4n) is 1.92. The summed E-state index contributed by atoms with van der Waals surface area (Å²) in [4.78, 5) is 6.55. The molecular weight excluding hydrogens is 174 g/mol. The molecule has 1 aliphatic rings. The van der Waals surface area contributed by atoms with Crippen molar-refractivity contribution in [3.05, 3.63) is 23.9 Å². The third-order valence-corrected chi connectivity index (χ3v) is 2.70. The Balaban J connectivity index is 2.28. The fourth-order valence-corrected chi connectivity index (χ4v) is 1.92. The van der Waals surface area contributed by atoms with Crippen molar-refractivity contribution in [2.75, 3.05) is 11.4 Å². The molecule has 0 amide bonds. The average molecular weight is 187 g/mol. The predicted molar refractivity (Wildman–Crippen MR) is 55.0 cm³/mol. The van der Waals surface area contributed by atoms with Crippen LogP contribution in [0.2, 0.25) is 0 Å². The standard InChI is InChI=1S/C11H13N3/c1-9-4-3-7-14(9)11-6-2-5-10(8-12)13-11/h2,5-6,9H,3-4,7H2,1H3. The topological polar surface area (TPSA) is 39.9 Å². The Morgan fingerprint density at radius 3 is 3.07 bits per heavy atom. The van der Waals surface area contributed by atoms with Crippen molar-refractivity contribution in [1.29, 1.82) is 5.26 Å². The smallest absolute Gasteiger partial charge is 0.142 e. The summed E-state index contributed by atoms with van der Waals surface area (Å²) in [6.07, 6.45) is 2.44. The summed E-state index contributed by atoms with van der Waals surface area (Å²) in [5, 5.41) is 8.74. The van der Waals surface area contributed by atoms with Gasteiger partial charge in [-0.25, -0.2) is 4.98 Å². The highest BCUT2D eigenvalue weighted by molar-refractivity contribution is 5.43. The van der Waals surface area contributed by atoms with Crippen molar-refractivity contribution in [2.45, 2.75) is 25.8 Å². The maximum atomic E-state index is 8.74. The van der Waals surface area contributed by atoms with E-state index in [1.54, 1.807) is 6.07 Å². The Kier molecular flexibility index (Phi) is 2.36. The molecule has 1 aromatic heterocycles. The van der Waals surface area contributed by atoms with Gasteiger partial charge in [-0.05, 0) is 31.9 Å². The second-order valence-corrected chi connectivity index (χ2v) is 3.68. The molecule has 0 aromatic carbocycles. The SMILES string of the molecule is CC1CCCN1c1cccc(C#N)n1. The minimum absolute atomic E-state index is 0.501. The molecule has 1 saturated heterocycles. The summed E-state index contributed by atoms with van der Waals surface area (Å²) in [6, 6.07) is 8.23. The summed E-state index contributed by atoms with van der Waals surface area (Å²) < 4.78 is 0. The van der Waals surface area contributed by atoms with Crippen molar-refractivity contribution >= 4 is 5.82 Å². The summed E-state index contributed by atoms with van der Waals surface area (Å²) in [5.41, 5.74) is 0.501. The van der Waals surface area contributed by atoms with Gasteiger partial charge < -0.3 is 4.90 Å². The monoisotopic (exact) mass is 187 g/mol. The lowest BCUT2D eigenvalue weighted by Crippen LogP contribution is -2.27. The van der Waals surface area contributed by atoms with Crippen molar-refractivity contribution in [3.63, 3.8) is 0 Å². The normalized spacial score (nSPS) is 20.9. The molecule has 1 aromatic rings. The highest BCUT2D eigenvalue weighted by Crippen LogP contribution is 2.23. The zero-order valence-corrected chi connectivity index (χ0v) is 8.27.